The van der Waals surface area contributed by atoms with Crippen LogP contribution in [0.1, 0.15) is 50.0 Å². The molecule has 0 saturated carbocycles. The van der Waals surface area contributed by atoms with Gasteiger partial charge in [-0.25, -0.2) is 9.67 Å². The molecule has 33 heavy (non-hydrogen) atoms. The lowest BCUT2D eigenvalue weighted by atomic mass is 10.1. The van der Waals surface area contributed by atoms with Crippen LogP contribution >= 0.6 is 0 Å². The van der Waals surface area contributed by atoms with E-state index in [1.54, 1.807) is 13.1 Å². The molecule has 0 atom stereocenters. The second kappa shape index (κ2) is 9.35. The molecule has 0 unspecified atom stereocenters. The minimum Gasteiger partial charge on any atom is -0.490 e. The molecule has 0 spiro atoms. The predicted octanol–water partition coefficient (Wildman–Crippen LogP) is 2.45. The molecule has 3 aromatic rings. The predicted molar refractivity (Wildman–Crippen MR) is 122 cm³/mol. The average molecular weight is 452 g/mol. The molecule has 0 radical (unpaired) electrons. The van der Waals surface area contributed by atoms with Crippen LogP contribution in [0.5, 0.6) is 5.75 Å². The molecule has 4 heterocycles. The lowest BCUT2D eigenvalue weighted by molar-refractivity contribution is -0.130. The Morgan fingerprint density at radius 3 is 2.70 bits per heavy atom. The van der Waals surface area contributed by atoms with Crippen LogP contribution in [-0.2, 0) is 16.0 Å². The number of nitrogens with one attached hydrogen (secondary N) is 1. The van der Waals surface area contributed by atoms with Gasteiger partial charge in [0.15, 0.2) is 5.65 Å². The van der Waals surface area contributed by atoms with Crippen LogP contribution in [0.25, 0.3) is 11.0 Å². The van der Waals surface area contributed by atoms with Crippen LogP contribution in [0, 0.1) is 0 Å². The Morgan fingerprint density at radius 1 is 1.18 bits per heavy atom. The number of benzene rings is 1. The highest BCUT2D eigenvalue weighted by Crippen LogP contribution is 2.26. The summed E-state index contributed by atoms with van der Waals surface area (Å²) in [6.07, 6.45) is 5.45. The summed E-state index contributed by atoms with van der Waals surface area (Å²) in [6.45, 7) is 4.42. The molecule has 2 fully saturated rings. The molecule has 9 heteroatoms. The molecule has 2 aromatic heterocycles. The van der Waals surface area contributed by atoms with E-state index >= 15 is 0 Å². The number of amides is 1. The Hall–Kier alpha value is -3.20. The third-order valence-electron chi connectivity index (χ3n) is 6.56. The van der Waals surface area contributed by atoms with Crippen molar-refractivity contribution in [2.45, 2.75) is 51.2 Å². The van der Waals surface area contributed by atoms with Crippen LogP contribution in [0.3, 0.4) is 0 Å². The number of likely N-dealkylation sites (tertiary alicyclic amines) is 1. The molecule has 2 saturated heterocycles. The summed E-state index contributed by atoms with van der Waals surface area (Å²) in [4.78, 5) is 33.9. The number of piperidine rings is 1. The number of aromatic amines is 1. The molecule has 174 valence electrons. The van der Waals surface area contributed by atoms with E-state index in [2.05, 4.69) is 10.1 Å². The van der Waals surface area contributed by atoms with Crippen molar-refractivity contribution < 1.29 is 14.3 Å². The van der Waals surface area contributed by atoms with Crippen molar-refractivity contribution in [3.8, 4) is 5.75 Å². The SMILES string of the molecule is CC(=O)N1CCC(Oc2ccccc2Cc2nc3c(cnn3C3CCOCC3)c(=O)[nH]2)CC1. The van der Waals surface area contributed by atoms with Crippen LogP contribution in [0.4, 0.5) is 0 Å². The molecule has 2 aliphatic heterocycles. The van der Waals surface area contributed by atoms with Crippen molar-refractivity contribution in [2.75, 3.05) is 26.3 Å². The summed E-state index contributed by atoms with van der Waals surface area (Å²) < 4.78 is 13.7. The summed E-state index contributed by atoms with van der Waals surface area (Å²) in [6, 6.07) is 8.05. The monoisotopic (exact) mass is 451 g/mol. The first-order chi connectivity index (χ1) is 16.1. The molecular formula is C24H29N5O4. The topological polar surface area (TPSA) is 102 Å². The number of aromatic nitrogens is 4. The van der Waals surface area contributed by atoms with Gasteiger partial charge in [-0.2, -0.15) is 5.10 Å². The van der Waals surface area contributed by atoms with E-state index in [1.165, 1.54) is 0 Å². The summed E-state index contributed by atoms with van der Waals surface area (Å²) in [5, 5.41) is 4.97. The standard InChI is InChI=1S/C24H29N5O4/c1-16(30)28-10-6-19(7-11-28)33-21-5-3-2-4-17(21)14-22-26-23-20(24(31)27-22)15-25-29(23)18-8-12-32-13-9-18/h2-5,15,18-19H,6-14H2,1H3,(H,26,27,31). The summed E-state index contributed by atoms with van der Waals surface area (Å²) in [5.41, 5.74) is 1.41. The fourth-order valence-electron chi connectivity index (χ4n) is 4.68. The Labute approximate surface area is 191 Å². The van der Waals surface area contributed by atoms with Gasteiger partial charge >= 0.3 is 0 Å². The van der Waals surface area contributed by atoms with Gasteiger partial charge in [-0.15, -0.1) is 0 Å². The lowest BCUT2D eigenvalue weighted by Crippen LogP contribution is -2.40. The summed E-state index contributed by atoms with van der Waals surface area (Å²) >= 11 is 0. The number of ether oxygens (including phenoxy) is 2. The molecule has 2 aliphatic rings. The van der Waals surface area contributed by atoms with Gasteiger partial charge in [0.1, 0.15) is 23.1 Å². The molecule has 9 nitrogen and oxygen atoms in total. The maximum absolute atomic E-state index is 12.7. The van der Waals surface area contributed by atoms with Crippen LogP contribution < -0.4 is 10.3 Å². The highest BCUT2D eigenvalue weighted by atomic mass is 16.5. The van der Waals surface area contributed by atoms with E-state index in [1.807, 2.05) is 33.8 Å². The van der Waals surface area contributed by atoms with E-state index in [9.17, 15) is 9.59 Å². The highest BCUT2D eigenvalue weighted by Gasteiger charge is 2.23. The van der Waals surface area contributed by atoms with Gasteiger partial charge in [-0.1, -0.05) is 18.2 Å². The van der Waals surface area contributed by atoms with Crippen molar-refractivity contribution in [2.24, 2.45) is 0 Å². The van der Waals surface area contributed by atoms with Crippen molar-refractivity contribution in [1.82, 2.24) is 24.6 Å². The van der Waals surface area contributed by atoms with Gasteiger partial charge in [0.25, 0.3) is 5.56 Å². The van der Waals surface area contributed by atoms with E-state index < -0.39 is 0 Å². The lowest BCUT2D eigenvalue weighted by Gasteiger charge is -2.31. The first kappa shape index (κ1) is 21.6. The Kier molecular flexibility index (Phi) is 6.13. The third kappa shape index (κ3) is 4.64. The van der Waals surface area contributed by atoms with Gasteiger partial charge in [0.05, 0.1) is 12.2 Å². The molecule has 1 amide bonds. The zero-order chi connectivity index (χ0) is 22.8. The van der Waals surface area contributed by atoms with Gasteiger partial charge in [-0.05, 0) is 18.9 Å². The molecule has 0 aliphatic carbocycles. The number of rotatable bonds is 5. The van der Waals surface area contributed by atoms with Crippen LogP contribution in [-0.4, -0.2) is 63.0 Å². The number of fused-ring (bicyclic) bond motifs is 1. The van der Waals surface area contributed by atoms with E-state index in [-0.39, 0.29) is 23.6 Å². The van der Waals surface area contributed by atoms with Gasteiger partial charge in [0, 0.05) is 58.1 Å². The Morgan fingerprint density at radius 2 is 1.94 bits per heavy atom. The Balaban J connectivity index is 1.37. The third-order valence-corrected chi connectivity index (χ3v) is 6.56. The van der Waals surface area contributed by atoms with E-state index in [4.69, 9.17) is 14.5 Å². The normalized spacial score (nSPS) is 18.0. The molecule has 0 bridgehead atoms. The van der Waals surface area contributed by atoms with Crippen molar-refractivity contribution in [3.63, 3.8) is 0 Å². The zero-order valence-corrected chi connectivity index (χ0v) is 18.8. The van der Waals surface area contributed by atoms with Crippen molar-refractivity contribution in [3.05, 3.63) is 52.2 Å². The molecule has 5 rings (SSSR count). The smallest absolute Gasteiger partial charge is 0.262 e. The number of nitrogens with zero attached hydrogens (tertiary/aromatic N) is 4. The number of carbonyl (C=O) groups excluding carboxylic acids is 1. The first-order valence-electron chi connectivity index (χ1n) is 11.6. The van der Waals surface area contributed by atoms with Gasteiger partial charge < -0.3 is 19.4 Å². The second-order valence-corrected chi connectivity index (χ2v) is 8.79. The number of carbonyl (C=O) groups is 1. The fraction of sp³-hybridized carbons (Fsp3) is 0.500. The average Bonchev–Trinajstić information content (AvgIpc) is 3.26. The van der Waals surface area contributed by atoms with Crippen molar-refractivity contribution in [1.29, 1.82) is 0 Å². The molecule has 1 N–H and O–H groups in total. The van der Waals surface area contributed by atoms with Crippen molar-refractivity contribution >= 4 is 16.9 Å². The minimum atomic E-state index is -0.177. The first-order valence-corrected chi connectivity index (χ1v) is 11.6. The second-order valence-electron chi connectivity index (χ2n) is 8.79. The molecular weight excluding hydrogens is 422 g/mol. The van der Waals surface area contributed by atoms with E-state index in [0.29, 0.717) is 49.6 Å². The highest BCUT2D eigenvalue weighted by molar-refractivity contribution is 5.73. The maximum Gasteiger partial charge on any atom is 0.262 e. The van der Waals surface area contributed by atoms with Crippen LogP contribution in [0.2, 0.25) is 0 Å². The Bertz CT molecular complexity index is 1190. The largest absolute Gasteiger partial charge is 0.490 e. The summed E-state index contributed by atoms with van der Waals surface area (Å²) in [5.74, 6) is 1.49. The quantitative estimate of drug-likeness (QED) is 0.639. The maximum atomic E-state index is 12.7. The number of hydrogen-bond acceptors (Lipinski definition) is 6. The van der Waals surface area contributed by atoms with Gasteiger partial charge in [-0.3, -0.25) is 9.59 Å². The minimum absolute atomic E-state index is 0.0613. The fourth-order valence-corrected chi connectivity index (χ4v) is 4.68. The van der Waals surface area contributed by atoms with Gasteiger partial charge in [0.2, 0.25) is 5.91 Å². The number of hydrogen-bond donors (Lipinski definition) is 1. The van der Waals surface area contributed by atoms with Crippen LogP contribution in [0.15, 0.2) is 35.3 Å². The summed E-state index contributed by atoms with van der Waals surface area (Å²) in [7, 11) is 0. The number of H-pyrrole nitrogens is 1. The van der Waals surface area contributed by atoms with E-state index in [0.717, 1.165) is 37.0 Å². The number of para-hydroxylation sites is 1. The molecule has 1 aromatic carbocycles. The zero-order valence-electron chi connectivity index (χ0n) is 18.8.